The van der Waals surface area contributed by atoms with Crippen molar-refractivity contribution < 1.29 is 19.2 Å². The Kier molecular flexibility index (Phi) is 1.84. The van der Waals surface area contributed by atoms with Gasteiger partial charge in [0, 0.05) is 0 Å². The fourth-order valence-electron chi connectivity index (χ4n) is 0.768. The van der Waals surface area contributed by atoms with E-state index in [9.17, 15) is 10.4 Å². The molecule has 0 radical (unpaired) electrons. The minimum atomic E-state index is 0.0388. The molecular formula is C5H8N2O4. The summed E-state index contributed by atoms with van der Waals surface area (Å²) < 4.78 is 9.23. The van der Waals surface area contributed by atoms with Gasteiger partial charge in [-0.2, -0.15) is 0 Å². The zero-order valence-electron chi connectivity index (χ0n) is 6.23. The van der Waals surface area contributed by atoms with Gasteiger partial charge >= 0.3 is 11.8 Å². The number of hydrazine groups is 1. The van der Waals surface area contributed by atoms with Gasteiger partial charge in [0.15, 0.2) is 0 Å². The summed E-state index contributed by atoms with van der Waals surface area (Å²) in [6, 6.07) is 0. The lowest BCUT2D eigenvalue weighted by molar-refractivity contribution is -1.06. The third-order valence-electron chi connectivity index (χ3n) is 1.37. The van der Waals surface area contributed by atoms with Gasteiger partial charge in [-0.05, 0) is 0 Å². The summed E-state index contributed by atoms with van der Waals surface area (Å²) in [4.78, 5) is 0.220. The average molecular weight is 160 g/mol. The lowest BCUT2D eigenvalue weighted by Gasteiger charge is -1.95. The van der Waals surface area contributed by atoms with Crippen LogP contribution in [0.15, 0.2) is 0 Å². The molecule has 1 aliphatic rings. The number of nitrogens with zero attached hydrogens (tertiary/aromatic N) is 2. The molecule has 0 saturated carbocycles. The fraction of sp³-hybridized carbons (Fsp3) is 0.600. The Bertz CT molecular complexity index is 209. The molecule has 6 nitrogen and oxygen atoms in total. The lowest BCUT2D eigenvalue weighted by Crippen LogP contribution is -2.18. The molecule has 11 heavy (non-hydrogen) atoms. The molecule has 1 aliphatic heterocycles. The third-order valence-corrected chi connectivity index (χ3v) is 1.37. The third kappa shape index (κ3) is 1.06. The van der Waals surface area contributed by atoms with Crippen LogP contribution in [0, 0.1) is 10.4 Å². The molecule has 0 atom stereocenters. The normalized spacial score (nSPS) is 17.6. The van der Waals surface area contributed by atoms with Gasteiger partial charge in [-0.25, -0.2) is 0 Å². The van der Waals surface area contributed by atoms with Crippen LogP contribution in [0.1, 0.15) is 6.42 Å². The van der Waals surface area contributed by atoms with Crippen LogP contribution >= 0.6 is 0 Å². The summed E-state index contributed by atoms with van der Waals surface area (Å²) in [5.41, 5.74) is 0. The highest BCUT2D eigenvalue weighted by Crippen LogP contribution is 2.01. The molecule has 6 heteroatoms. The molecule has 0 amide bonds. The molecule has 0 N–H and O–H groups in total. The Balaban J connectivity index is 2.85. The number of methoxy groups -OCH3 is 2. The van der Waals surface area contributed by atoms with Crippen molar-refractivity contribution in [3.63, 3.8) is 0 Å². The molecule has 62 valence electrons. The second-order valence-corrected chi connectivity index (χ2v) is 1.92. The predicted octanol–water partition coefficient (Wildman–Crippen LogP) is -0.584. The second kappa shape index (κ2) is 2.65. The number of hydrogen-bond acceptors (Lipinski definition) is 4. The number of rotatable bonds is 0. The van der Waals surface area contributed by atoms with Crippen molar-refractivity contribution in [2.45, 2.75) is 6.42 Å². The van der Waals surface area contributed by atoms with Crippen LogP contribution in [0.5, 0.6) is 0 Å². The van der Waals surface area contributed by atoms with Gasteiger partial charge in [-0.3, -0.25) is 0 Å². The Morgan fingerprint density at radius 3 is 1.64 bits per heavy atom. The highest BCUT2D eigenvalue weighted by atomic mass is 16.7. The highest BCUT2D eigenvalue weighted by Gasteiger charge is 2.36. The first-order chi connectivity index (χ1) is 5.20. The molecule has 0 spiro atoms. The van der Waals surface area contributed by atoms with Crippen molar-refractivity contribution >= 4 is 11.8 Å². The largest absolute Gasteiger partial charge is 0.558 e. The summed E-state index contributed by atoms with van der Waals surface area (Å²) in [6.45, 7) is 0. The van der Waals surface area contributed by atoms with Gasteiger partial charge in [-0.1, -0.05) is 0 Å². The lowest BCUT2D eigenvalue weighted by atomic mass is 10.4. The Morgan fingerprint density at radius 1 is 1.09 bits per heavy atom. The van der Waals surface area contributed by atoms with Crippen LogP contribution in [0.3, 0.4) is 0 Å². The number of hydrogen-bond donors (Lipinski definition) is 0. The number of ether oxygens (including phenoxy) is 2. The molecule has 0 aliphatic carbocycles. The molecule has 0 fully saturated rings. The van der Waals surface area contributed by atoms with Gasteiger partial charge in [0.1, 0.15) is 9.70 Å². The SMILES string of the molecule is COC1=[N+]([O-])[N+]([O-])=C(OC)C1. The summed E-state index contributed by atoms with van der Waals surface area (Å²) in [7, 11) is 2.65. The van der Waals surface area contributed by atoms with E-state index in [1.54, 1.807) is 0 Å². The highest BCUT2D eigenvalue weighted by molar-refractivity contribution is 5.93. The van der Waals surface area contributed by atoms with Crippen LogP contribution in [0.25, 0.3) is 0 Å². The van der Waals surface area contributed by atoms with Crippen LogP contribution in [-0.2, 0) is 9.47 Å². The van der Waals surface area contributed by atoms with E-state index >= 15 is 0 Å². The summed E-state index contributed by atoms with van der Waals surface area (Å²) in [5, 5.41) is 21.5. The molecular weight excluding hydrogens is 152 g/mol. The molecule has 0 aromatic rings. The topological polar surface area (TPSA) is 70.6 Å². The van der Waals surface area contributed by atoms with Gasteiger partial charge in [-0.15, -0.1) is 0 Å². The maximum atomic E-state index is 10.8. The van der Waals surface area contributed by atoms with Crippen molar-refractivity contribution in [3.8, 4) is 0 Å². The fourth-order valence-corrected chi connectivity index (χ4v) is 0.768. The maximum Gasteiger partial charge on any atom is 0.434 e. The zero-order valence-corrected chi connectivity index (χ0v) is 6.23. The first-order valence-electron chi connectivity index (χ1n) is 2.94. The average Bonchev–Trinajstić information content (AvgIpc) is 2.30. The second-order valence-electron chi connectivity index (χ2n) is 1.92. The van der Waals surface area contributed by atoms with E-state index < -0.39 is 0 Å². The summed E-state index contributed by atoms with van der Waals surface area (Å²) in [6.07, 6.45) is 0.111. The first-order valence-corrected chi connectivity index (χ1v) is 2.94. The first kappa shape index (κ1) is 7.64. The van der Waals surface area contributed by atoms with Crippen molar-refractivity contribution in [1.82, 2.24) is 0 Å². The van der Waals surface area contributed by atoms with Crippen molar-refractivity contribution in [3.05, 3.63) is 10.4 Å². The smallest absolute Gasteiger partial charge is 0.434 e. The Hall–Kier alpha value is -1.46. The minimum absolute atomic E-state index is 0.0388. The van der Waals surface area contributed by atoms with Crippen LogP contribution in [0.2, 0.25) is 0 Å². The van der Waals surface area contributed by atoms with Crippen molar-refractivity contribution in [2.75, 3.05) is 14.2 Å². The molecule has 0 saturated heterocycles. The van der Waals surface area contributed by atoms with Gasteiger partial charge in [0.25, 0.3) is 0 Å². The van der Waals surface area contributed by atoms with E-state index in [2.05, 4.69) is 9.47 Å². The Morgan fingerprint density at radius 2 is 1.45 bits per heavy atom. The van der Waals surface area contributed by atoms with Gasteiger partial charge in [0.05, 0.1) is 14.2 Å². The molecule has 0 aromatic carbocycles. The van der Waals surface area contributed by atoms with Crippen LogP contribution in [-0.4, -0.2) is 35.7 Å². The molecule has 1 rings (SSSR count). The van der Waals surface area contributed by atoms with E-state index in [4.69, 9.17) is 0 Å². The monoisotopic (exact) mass is 160 g/mol. The van der Waals surface area contributed by atoms with E-state index in [1.165, 1.54) is 14.2 Å². The zero-order chi connectivity index (χ0) is 8.43. The standard InChI is InChI=1S/C5H8N2O4/c1-10-4-3-5(11-2)7(9)6(4)8/h3H2,1-2H3. The van der Waals surface area contributed by atoms with E-state index in [-0.39, 0.29) is 27.9 Å². The molecule has 0 unspecified atom stereocenters. The van der Waals surface area contributed by atoms with Crippen molar-refractivity contribution in [1.29, 1.82) is 0 Å². The maximum absolute atomic E-state index is 10.8. The minimum Gasteiger partial charge on any atom is -0.558 e. The van der Waals surface area contributed by atoms with Crippen molar-refractivity contribution in [2.24, 2.45) is 0 Å². The predicted molar refractivity (Wildman–Crippen MR) is 35.9 cm³/mol. The van der Waals surface area contributed by atoms with E-state index in [0.717, 1.165) is 0 Å². The van der Waals surface area contributed by atoms with Gasteiger partial charge < -0.3 is 19.9 Å². The van der Waals surface area contributed by atoms with Crippen LogP contribution in [0.4, 0.5) is 0 Å². The van der Waals surface area contributed by atoms with E-state index in [1.807, 2.05) is 0 Å². The number of hydrazone groups is 2. The van der Waals surface area contributed by atoms with Crippen LogP contribution < -0.4 is 0 Å². The molecule has 1 heterocycles. The molecule has 0 bridgehead atoms. The summed E-state index contributed by atoms with van der Waals surface area (Å²) >= 11 is 0. The van der Waals surface area contributed by atoms with E-state index in [0.29, 0.717) is 0 Å². The quantitative estimate of drug-likeness (QED) is 0.351. The Labute approximate surface area is 63.1 Å². The van der Waals surface area contributed by atoms with Gasteiger partial charge in [0.2, 0.25) is 6.42 Å². The summed E-state index contributed by atoms with van der Waals surface area (Å²) in [5.74, 6) is 0.0775. The molecule has 0 aromatic heterocycles.